The van der Waals surface area contributed by atoms with Gasteiger partial charge in [-0.1, -0.05) is 0 Å². The Morgan fingerprint density at radius 2 is 2.58 bits per heavy atom. The highest BCUT2D eigenvalue weighted by atomic mass is 32.1. The van der Waals surface area contributed by atoms with Crippen molar-refractivity contribution >= 4 is 12.2 Å². The first-order valence-corrected chi connectivity index (χ1v) is 4.31. The Morgan fingerprint density at radius 1 is 1.67 bits per heavy atom. The Balaban J connectivity index is 2.25. The van der Waals surface area contributed by atoms with Gasteiger partial charge in [0.25, 0.3) is 0 Å². The third kappa shape index (κ3) is 1.30. The van der Waals surface area contributed by atoms with E-state index in [4.69, 9.17) is 17.0 Å². The second-order valence-corrected chi connectivity index (χ2v) is 3.15. The predicted molar refractivity (Wildman–Crippen MR) is 48.4 cm³/mol. The van der Waals surface area contributed by atoms with Crippen LogP contribution in [0.3, 0.4) is 0 Å². The zero-order valence-electron chi connectivity index (χ0n) is 6.56. The predicted octanol–water partition coefficient (Wildman–Crippen LogP) is 2.02. The number of nitrogens with zero attached hydrogens (tertiary/aromatic N) is 1. The van der Waals surface area contributed by atoms with Gasteiger partial charge in [-0.2, -0.15) is 0 Å². The van der Waals surface area contributed by atoms with Gasteiger partial charge in [-0.15, -0.1) is 0 Å². The lowest BCUT2D eigenvalue weighted by atomic mass is 10.2. The summed E-state index contributed by atoms with van der Waals surface area (Å²) in [6, 6.07) is 0.355. The van der Waals surface area contributed by atoms with Gasteiger partial charge in [-0.3, -0.25) is 0 Å². The van der Waals surface area contributed by atoms with Gasteiger partial charge in [0.2, 0.25) is 0 Å². The van der Waals surface area contributed by atoms with Gasteiger partial charge < -0.3 is 14.3 Å². The third-order valence-corrected chi connectivity index (χ3v) is 2.29. The van der Waals surface area contributed by atoms with Crippen LogP contribution in [-0.4, -0.2) is 16.2 Å². The molecule has 0 spiro atoms. The van der Waals surface area contributed by atoms with E-state index >= 15 is 0 Å². The molecule has 1 aromatic heterocycles. The molecule has 0 saturated heterocycles. The van der Waals surface area contributed by atoms with E-state index in [2.05, 4.69) is 4.98 Å². The second-order valence-electron chi connectivity index (χ2n) is 2.77. The number of hydrogen-bond donors (Lipinski definition) is 1. The van der Waals surface area contributed by atoms with Crippen LogP contribution in [0.25, 0.3) is 0 Å². The Hall–Kier alpha value is -1.03. The molecule has 12 heavy (non-hydrogen) atoms. The molecule has 64 valence electrons. The maximum atomic E-state index is 5.20. The Labute approximate surface area is 75.7 Å². The molecule has 2 heterocycles. The number of ether oxygens (including phenoxy) is 1. The largest absolute Gasteiger partial charge is 0.499 e. The van der Waals surface area contributed by atoms with Crippen LogP contribution in [0.4, 0.5) is 0 Å². The van der Waals surface area contributed by atoms with Crippen molar-refractivity contribution in [3.63, 3.8) is 0 Å². The maximum absolute atomic E-state index is 5.20. The van der Waals surface area contributed by atoms with Crippen LogP contribution < -0.4 is 0 Å². The fraction of sp³-hybridized carbons (Fsp3) is 0.375. The minimum absolute atomic E-state index is 0.355. The van der Waals surface area contributed by atoms with Crippen LogP contribution in [-0.2, 0) is 4.74 Å². The highest BCUT2D eigenvalue weighted by Gasteiger charge is 2.12. The summed E-state index contributed by atoms with van der Waals surface area (Å²) in [6.07, 6.45) is 8.55. The van der Waals surface area contributed by atoms with Crippen molar-refractivity contribution in [2.75, 3.05) is 6.61 Å². The summed E-state index contributed by atoms with van der Waals surface area (Å²) in [6.45, 7) is 0.711. The van der Waals surface area contributed by atoms with Crippen LogP contribution >= 0.6 is 12.2 Å². The van der Waals surface area contributed by atoms with Gasteiger partial charge in [0.05, 0.1) is 12.3 Å². The van der Waals surface area contributed by atoms with Crippen LogP contribution in [0.2, 0.25) is 0 Å². The van der Waals surface area contributed by atoms with Crippen molar-refractivity contribution in [1.29, 1.82) is 0 Å². The SMILES string of the molecule is S=c1[nH]ccn1C1CC=COC1. The van der Waals surface area contributed by atoms with Crippen molar-refractivity contribution in [3.05, 3.63) is 29.5 Å². The standard InChI is InChI=1S/C8H10N2OS/c12-8-9-3-4-10(8)7-2-1-5-11-6-7/h1,3-5,7H,2,6H2,(H,9,12). The maximum Gasteiger partial charge on any atom is 0.177 e. The number of allylic oxidation sites excluding steroid dienone is 1. The molecule has 0 fully saturated rings. The van der Waals surface area contributed by atoms with Crippen LogP contribution in [0.5, 0.6) is 0 Å². The molecule has 0 aromatic carbocycles. The van der Waals surface area contributed by atoms with Crippen molar-refractivity contribution < 1.29 is 4.74 Å². The third-order valence-electron chi connectivity index (χ3n) is 1.96. The van der Waals surface area contributed by atoms with Crippen LogP contribution in [0.15, 0.2) is 24.7 Å². The highest BCUT2D eigenvalue weighted by Crippen LogP contribution is 2.16. The van der Waals surface area contributed by atoms with E-state index in [1.165, 1.54) is 0 Å². The van der Waals surface area contributed by atoms with Gasteiger partial charge in [0, 0.05) is 12.4 Å². The van der Waals surface area contributed by atoms with Gasteiger partial charge in [-0.05, 0) is 24.7 Å². The summed E-state index contributed by atoms with van der Waals surface area (Å²) < 4.78 is 7.99. The number of aromatic nitrogens is 2. The van der Waals surface area contributed by atoms with Gasteiger partial charge in [0.1, 0.15) is 6.61 Å². The highest BCUT2D eigenvalue weighted by molar-refractivity contribution is 7.71. The van der Waals surface area contributed by atoms with Crippen LogP contribution in [0.1, 0.15) is 12.5 Å². The van der Waals surface area contributed by atoms with Crippen molar-refractivity contribution in [3.8, 4) is 0 Å². The molecule has 1 aliphatic heterocycles. The van der Waals surface area contributed by atoms with E-state index in [0.29, 0.717) is 12.6 Å². The van der Waals surface area contributed by atoms with E-state index in [-0.39, 0.29) is 0 Å². The van der Waals surface area contributed by atoms with E-state index in [1.807, 2.05) is 23.0 Å². The summed E-state index contributed by atoms with van der Waals surface area (Å²) in [4.78, 5) is 2.96. The molecule has 0 aliphatic carbocycles. The van der Waals surface area contributed by atoms with Crippen LogP contribution in [0, 0.1) is 4.77 Å². The first kappa shape index (κ1) is 7.61. The zero-order chi connectivity index (χ0) is 8.39. The lowest BCUT2D eigenvalue weighted by Gasteiger charge is -2.19. The minimum Gasteiger partial charge on any atom is -0.499 e. The number of imidazole rings is 1. The number of rotatable bonds is 1. The molecule has 0 bridgehead atoms. The average Bonchev–Trinajstić information content (AvgIpc) is 2.53. The normalized spacial score (nSPS) is 22.2. The Morgan fingerprint density at radius 3 is 3.17 bits per heavy atom. The summed E-state index contributed by atoms with van der Waals surface area (Å²) in [5.74, 6) is 0. The molecule has 4 heteroatoms. The number of hydrogen-bond acceptors (Lipinski definition) is 2. The van der Waals surface area contributed by atoms with Crippen molar-refractivity contribution in [2.45, 2.75) is 12.5 Å². The van der Waals surface area contributed by atoms with E-state index in [1.54, 1.807) is 6.26 Å². The van der Waals surface area contributed by atoms with E-state index in [0.717, 1.165) is 11.2 Å². The number of H-pyrrole nitrogens is 1. The lowest BCUT2D eigenvalue weighted by Crippen LogP contribution is -2.15. The summed E-state index contributed by atoms with van der Waals surface area (Å²) in [7, 11) is 0. The first-order valence-electron chi connectivity index (χ1n) is 3.90. The average molecular weight is 182 g/mol. The van der Waals surface area contributed by atoms with E-state index < -0.39 is 0 Å². The second kappa shape index (κ2) is 3.15. The summed E-state index contributed by atoms with van der Waals surface area (Å²) >= 11 is 5.09. The van der Waals surface area contributed by atoms with Gasteiger partial charge >= 0.3 is 0 Å². The first-order chi connectivity index (χ1) is 5.88. The Bertz CT molecular complexity index is 339. The molecule has 2 rings (SSSR count). The fourth-order valence-corrected chi connectivity index (χ4v) is 1.61. The molecule has 1 N–H and O–H groups in total. The topological polar surface area (TPSA) is 29.9 Å². The number of aromatic amines is 1. The summed E-state index contributed by atoms with van der Waals surface area (Å²) in [5, 5.41) is 0. The molecular formula is C8H10N2OS. The summed E-state index contributed by atoms with van der Waals surface area (Å²) in [5.41, 5.74) is 0. The van der Waals surface area contributed by atoms with E-state index in [9.17, 15) is 0 Å². The molecule has 3 nitrogen and oxygen atoms in total. The lowest BCUT2D eigenvalue weighted by molar-refractivity contribution is 0.179. The fourth-order valence-electron chi connectivity index (χ4n) is 1.33. The van der Waals surface area contributed by atoms with Gasteiger partial charge in [0.15, 0.2) is 4.77 Å². The molecule has 1 atom stereocenters. The number of nitrogens with one attached hydrogen (secondary N) is 1. The minimum atomic E-state index is 0.355. The monoisotopic (exact) mass is 182 g/mol. The zero-order valence-corrected chi connectivity index (χ0v) is 7.38. The molecule has 1 aliphatic rings. The molecular weight excluding hydrogens is 172 g/mol. The molecule has 0 radical (unpaired) electrons. The quantitative estimate of drug-likeness (QED) is 0.673. The smallest absolute Gasteiger partial charge is 0.177 e. The Kier molecular flexibility index (Phi) is 1.99. The molecule has 1 unspecified atom stereocenters. The molecule has 0 amide bonds. The molecule has 1 aromatic rings. The van der Waals surface area contributed by atoms with Crippen molar-refractivity contribution in [1.82, 2.24) is 9.55 Å². The van der Waals surface area contributed by atoms with Gasteiger partial charge in [-0.25, -0.2) is 0 Å². The molecule has 0 saturated carbocycles. The van der Waals surface area contributed by atoms with Crippen molar-refractivity contribution in [2.24, 2.45) is 0 Å².